The zero-order chi connectivity index (χ0) is 13.0. The summed E-state index contributed by atoms with van der Waals surface area (Å²) < 4.78 is 0. The van der Waals surface area contributed by atoms with Crippen molar-refractivity contribution in [2.24, 2.45) is 4.99 Å². The molecule has 0 unspecified atom stereocenters. The second-order valence-corrected chi connectivity index (χ2v) is 4.78. The molecule has 17 heavy (non-hydrogen) atoms. The molecule has 0 bridgehead atoms. The van der Waals surface area contributed by atoms with Gasteiger partial charge in [0.25, 0.3) is 0 Å². The van der Waals surface area contributed by atoms with Gasteiger partial charge in [0.15, 0.2) is 0 Å². The van der Waals surface area contributed by atoms with Gasteiger partial charge in [0.1, 0.15) is 7.85 Å². The van der Waals surface area contributed by atoms with Crippen LogP contribution in [0.5, 0.6) is 0 Å². The van der Waals surface area contributed by atoms with E-state index in [0.717, 1.165) is 17.8 Å². The summed E-state index contributed by atoms with van der Waals surface area (Å²) in [5.74, 6) is 0. The van der Waals surface area contributed by atoms with Crippen LogP contribution in [0, 0.1) is 0 Å². The van der Waals surface area contributed by atoms with Gasteiger partial charge in [-0.2, -0.15) is 0 Å². The molecule has 0 N–H and O–H groups in total. The number of allylic oxidation sites excluding steroid dienone is 2. The van der Waals surface area contributed by atoms with Gasteiger partial charge < -0.3 is 0 Å². The highest BCUT2D eigenvalue weighted by molar-refractivity contribution is 6.33. The largest absolute Gasteiger partial charge is 0.258 e. The summed E-state index contributed by atoms with van der Waals surface area (Å²) in [6.07, 6.45) is 1.09. The van der Waals surface area contributed by atoms with Gasteiger partial charge in [-0.3, -0.25) is 4.99 Å². The highest BCUT2D eigenvalue weighted by Crippen LogP contribution is 2.09. The minimum atomic E-state index is 1.09. The van der Waals surface area contributed by atoms with Crippen molar-refractivity contribution in [3.63, 3.8) is 0 Å². The Kier molecular flexibility index (Phi) is 4.74. The summed E-state index contributed by atoms with van der Waals surface area (Å²) >= 11 is 0. The Morgan fingerprint density at radius 3 is 2.29 bits per heavy atom. The predicted octanol–water partition coefficient (Wildman–Crippen LogP) is 2.63. The number of hydrogen-bond donors (Lipinski definition) is 0. The third-order valence-corrected chi connectivity index (χ3v) is 3.20. The van der Waals surface area contributed by atoms with Crippen LogP contribution in [0.25, 0.3) is 0 Å². The smallest absolute Gasteiger partial charge is 0.139 e. The van der Waals surface area contributed by atoms with Gasteiger partial charge in [0.2, 0.25) is 0 Å². The molecule has 0 aliphatic carbocycles. The number of aliphatic imine (C=N–C) groups is 1. The monoisotopic (exact) mass is 227 g/mol. The van der Waals surface area contributed by atoms with Crippen molar-refractivity contribution in [1.82, 2.24) is 0 Å². The van der Waals surface area contributed by atoms with Crippen molar-refractivity contribution in [2.45, 2.75) is 41.0 Å². The van der Waals surface area contributed by atoms with E-state index in [0.29, 0.717) is 0 Å². The summed E-state index contributed by atoms with van der Waals surface area (Å²) in [7, 11) is 2.17. The fraction of sp³-hybridized carbons (Fsp3) is 0.400. The van der Waals surface area contributed by atoms with Crippen LogP contribution in [0.3, 0.4) is 0 Å². The molecule has 0 saturated heterocycles. The second kappa shape index (κ2) is 5.86. The first-order valence-corrected chi connectivity index (χ1v) is 6.25. The molecule has 1 aromatic rings. The molecule has 0 saturated carbocycles. The average molecular weight is 227 g/mol. The lowest BCUT2D eigenvalue weighted by molar-refractivity contribution is 1.15. The molecule has 0 aromatic heterocycles. The zero-order valence-electron chi connectivity index (χ0n) is 11.9. The molecule has 0 spiro atoms. The van der Waals surface area contributed by atoms with Crippen LogP contribution >= 0.6 is 0 Å². The highest BCUT2D eigenvalue weighted by Gasteiger charge is 2.01. The summed E-state index contributed by atoms with van der Waals surface area (Å²) in [4.78, 5) is 4.64. The number of hydrogen-bond acceptors (Lipinski definition) is 1. The Morgan fingerprint density at radius 1 is 1.18 bits per heavy atom. The van der Waals surface area contributed by atoms with E-state index in [1.54, 1.807) is 0 Å². The van der Waals surface area contributed by atoms with Crippen molar-refractivity contribution < 1.29 is 0 Å². The van der Waals surface area contributed by atoms with Gasteiger partial charge in [-0.25, -0.2) is 0 Å². The number of benzene rings is 1. The normalized spacial score (nSPS) is 11.5. The minimum Gasteiger partial charge on any atom is -0.258 e. The molecule has 0 radical (unpaired) electrons. The Hall–Kier alpha value is -1.31. The number of aryl methyl sites for hydroxylation is 1. The van der Waals surface area contributed by atoms with Crippen molar-refractivity contribution >= 4 is 19.0 Å². The van der Waals surface area contributed by atoms with E-state index >= 15 is 0 Å². The molecule has 0 aliphatic heterocycles. The Bertz CT molecular complexity index is 466. The van der Waals surface area contributed by atoms with Crippen LogP contribution in [0.2, 0.25) is 0 Å². The van der Waals surface area contributed by atoms with Crippen LogP contribution < -0.4 is 5.46 Å². The van der Waals surface area contributed by atoms with E-state index in [4.69, 9.17) is 0 Å². The van der Waals surface area contributed by atoms with E-state index in [1.165, 1.54) is 22.2 Å². The van der Waals surface area contributed by atoms with E-state index in [2.05, 4.69) is 65.7 Å². The third-order valence-electron chi connectivity index (χ3n) is 3.20. The van der Waals surface area contributed by atoms with E-state index < -0.39 is 0 Å². The first kappa shape index (κ1) is 13.8. The van der Waals surface area contributed by atoms with Crippen LogP contribution in [-0.4, -0.2) is 13.6 Å². The van der Waals surface area contributed by atoms with Crippen molar-refractivity contribution in [3.8, 4) is 0 Å². The lowest BCUT2D eigenvalue weighted by atomic mass is 9.87. The summed E-state index contributed by atoms with van der Waals surface area (Å²) in [6.45, 7) is 10.5. The third kappa shape index (κ3) is 3.59. The Labute approximate surface area is 106 Å². The maximum absolute atomic E-state index is 4.64. The standard InChI is InChI=1S/C15H22BN/c1-6-13-7-8-14(9-15(13)16)12(5)17-11(4)10(2)3/h7-9H,6,16H2,1-5H3/b17-12+. The second-order valence-electron chi connectivity index (χ2n) is 4.78. The fourth-order valence-corrected chi connectivity index (χ4v) is 1.75. The molecular weight excluding hydrogens is 205 g/mol. The molecule has 0 atom stereocenters. The molecule has 0 amide bonds. The van der Waals surface area contributed by atoms with Crippen molar-refractivity contribution in [2.75, 3.05) is 0 Å². The first-order chi connectivity index (χ1) is 7.95. The Balaban J connectivity index is 3.10. The molecule has 1 nitrogen and oxygen atoms in total. The van der Waals surface area contributed by atoms with Gasteiger partial charge in [0.05, 0.1) is 0 Å². The van der Waals surface area contributed by atoms with E-state index in [-0.39, 0.29) is 0 Å². The van der Waals surface area contributed by atoms with Gasteiger partial charge in [0, 0.05) is 11.4 Å². The van der Waals surface area contributed by atoms with Gasteiger partial charge in [-0.05, 0) is 39.7 Å². The summed E-state index contributed by atoms with van der Waals surface area (Å²) in [6, 6.07) is 6.61. The highest BCUT2D eigenvalue weighted by atomic mass is 14.7. The van der Waals surface area contributed by atoms with Gasteiger partial charge in [-0.15, -0.1) is 0 Å². The lowest BCUT2D eigenvalue weighted by Gasteiger charge is -2.07. The predicted molar refractivity (Wildman–Crippen MR) is 80.3 cm³/mol. The minimum absolute atomic E-state index is 1.09. The molecular formula is C15H22BN. The van der Waals surface area contributed by atoms with Crippen LogP contribution in [-0.2, 0) is 6.42 Å². The van der Waals surface area contributed by atoms with Crippen molar-refractivity contribution in [1.29, 1.82) is 0 Å². The lowest BCUT2D eigenvalue weighted by Crippen LogP contribution is -2.12. The number of rotatable bonds is 3. The topological polar surface area (TPSA) is 12.4 Å². The van der Waals surface area contributed by atoms with E-state index in [1.807, 2.05) is 0 Å². The summed E-state index contributed by atoms with van der Waals surface area (Å²) in [5.41, 5.74) is 7.47. The SMILES string of the molecule is Bc1cc(/C(C)=N/C(C)=C(C)C)ccc1CC. The molecule has 0 aliphatic rings. The molecule has 90 valence electrons. The molecule has 2 heteroatoms. The number of nitrogens with zero attached hydrogens (tertiary/aromatic N) is 1. The fourth-order valence-electron chi connectivity index (χ4n) is 1.75. The average Bonchev–Trinajstić information content (AvgIpc) is 2.28. The van der Waals surface area contributed by atoms with Crippen LogP contribution in [0.1, 0.15) is 45.7 Å². The van der Waals surface area contributed by atoms with Crippen molar-refractivity contribution in [3.05, 3.63) is 40.6 Å². The summed E-state index contributed by atoms with van der Waals surface area (Å²) in [5, 5.41) is 0. The van der Waals surface area contributed by atoms with Gasteiger partial charge >= 0.3 is 0 Å². The van der Waals surface area contributed by atoms with Crippen LogP contribution in [0.15, 0.2) is 34.5 Å². The molecule has 0 heterocycles. The quantitative estimate of drug-likeness (QED) is 0.556. The van der Waals surface area contributed by atoms with Gasteiger partial charge in [-0.1, -0.05) is 41.7 Å². The first-order valence-electron chi connectivity index (χ1n) is 6.25. The van der Waals surface area contributed by atoms with E-state index in [9.17, 15) is 0 Å². The molecule has 0 fully saturated rings. The zero-order valence-corrected chi connectivity index (χ0v) is 11.9. The molecule has 1 aromatic carbocycles. The maximum Gasteiger partial charge on any atom is 0.139 e. The van der Waals surface area contributed by atoms with Crippen LogP contribution in [0.4, 0.5) is 0 Å². The Morgan fingerprint density at radius 2 is 1.82 bits per heavy atom. The maximum atomic E-state index is 4.64. The molecule has 1 rings (SSSR count).